The van der Waals surface area contributed by atoms with E-state index < -0.39 is 10.0 Å². The van der Waals surface area contributed by atoms with E-state index in [1.165, 1.54) is 10.6 Å². The van der Waals surface area contributed by atoms with E-state index in [4.69, 9.17) is 4.74 Å². The Morgan fingerprint density at radius 1 is 1.45 bits per heavy atom. The third-order valence-corrected chi connectivity index (χ3v) is 4.98. The van der Waals surface area contributed by atoms with Gasteiger partial charge in [-0.05, 0) is 37.5 Å². The van der Waals surface area contributed by atoms with Crippen LogP contribution in [-0.2, 0) is 14.8 Å². The standard InChI is InChI=1S/C15H22N2O4S/c1-12-5-3-7-14(9-12)21-11-15(18)16-10-13-6-4-8-17(13)22(2,19)20/h3,5,7,9,13H,4,6,8,10-11H2,1-2H3,(H,16,18). The molecule has 6 nitrogen and oxygen atoms in total. The molecule has 0 aliphatic carbocycles. The molecule has 0 spiro atoms. The van der Waals surface area contributed by atoms with Crippen LogP contribution in [0.4, 0.5) is 0 Å². The number of amides is 1. The van der Waals surface area contributed by atoms with E-state index in [1.54, 1.807) is 6.07 Å². The quantitative estimate of drug-likeness (QED) is 0.843. The van der Waals surface area contributed by atoms with Crippen LogP contribution in [0.5, 0.6) is 5.75 Å². The fourth-order valence-corrected chi connectivity index (χ4v) is 3.77. The zero-order chi connectivity index (χ0) is 16.2. The van der Waals surface area contributed by atoms with Crippen molar-refractivity contribution in [1.82, 2.24) is 9.62 Å². The first-order valence-electron chi connectivity index (χ1n) is 7.29. The molecule has 1 aliphatic heterocycles. The van der Waals surface area contributed by atoms with Gasteiger partial charge in [0.1, 0.15) is 5.75 Å². The van der Waals surface area contributed by atoms with Crippen LogP contribution in [0, 0.1) is 6.92 Å². The topological polar surface area (TPSA) is 75.7 Å². The molecule has 1 atom stereocenters. The summed E-state index contributed by atoms with van der Waals surface area (Å²) < 4.78 is 30.1. The zero-order valence-corrected chi connectivity index (χ0v) is 13.7. The average Bonchev–Trinajstić information content (AvgIpc) is 2.91. The fraction of sp³-hybridized carbons (Fsp3) is 0.533. The van der Waals surface area contributed by atoms with Gasteiger partial charge in [-0.1, -0.05) is 12.1 Å². The first-order chi connectivity index (χ1) is 10.4. The first kappa shape index (κ1) is 16.8. The van der Waals surface area contributed by atoms with Gasteiger partial charge in [-0.2, -0.15) is 4.31 Å². The van der Waals surface area contributed by atoms with Gasteiger partial charge in [0.05, 0.1) is 6.26 Å². The zero-order valence-electron chi connectivity index (χ0n) is 12.9. The number of benzene rings is 1. The van der Waals surface area contributed by atoms with Gasteiger partial charge in [0.15, 0.2) is 6.61 Å². The van der Waals surface area contributed by atoms with Crippen molar-refractivity contribution in [2.24, 2.45) is 0 Å². The molecule has 1 aromatic rings. The number of nitrogens with one attached hydrogen (secondary N) is 1. The molecule has 2 rings (SSSR count). The molecule has 0 radical (unpaired) electrons. The van der Waals surface area contributed by atoms with Crippen molar-refractivity contribution < 1.29 is 17.9 Å². The number of ether oxygens (including phenoxy) is 1. The summed E-state index contributed by atoms with van der Waals surface area (Å²) in [6.07, 6.45) is 2.80. The Morgan fingerprint density at radius 3 is 2.91 bits per heavy atom. The molecule has 1 N–H and O–H groups in total. The number of hydrogen-bond donors (Lipinski definition) is 1. The SMILES string of the molecule is Cc1cccc(OCC(=O)NCC2CCCN2S(C)(=O)=O)c1. The summed E-state index contributed by atoms with van der Waals surface area (Å²) in [5.41, 5.74) is 1.06. The van der Waals surface area contributed by atoms with Crippen LogP contribution in [0.2, 0.25) is 0 Å². The molecule has 22 heavy (non-hydrogen) atoms. The Kier molecular flexibility index (Phi) is 5.42. The van der Waals surface area contributed by atoms with Crippen LogP contribution >= 0.6 is 0 Å². The second kappa shape index (κ2) is 7.11. The number of hydrogen-bond acceptors (Lipinski definition) is 4. The molecule has 1 aliphatic rings. The molecule has 0 bridgehead atoms. The first-order valence-corrected chi connectivity index (χ1v) is 9.14. The van der Waals surface area contributed by atoms with Crippen LogP contribution in [0.25, 0.3) is 0 Å². The largest absolute Gasteiger partial charge is 0.484 e. The van der Waals surface area contributed by atoms with E-state index in [0.29, 0.717) is 18.8 Å². The molecule has 0 aromatic heterocycles. The number of carbonyl (C=O) groups excluding carboxylic acids is 1. The molecular formula is C15H22N2O4S. The van der Waals surface area contributed by atoms with Crippen molar-refractivity contribution in [1.29, 1.82) is 0 Å². The number of sulfonamides is 1. The number of rotatable bonds is 6. The molecule has 0 saturated carbocycles. The van der Waals surface area contributed by atoms with E-state index in [1.807, 2.05) is 25.1 Å². The smallest absolute Gasteiger partial charge is 0.257 e. The van der Waals surface area contributed by atoms with Gasteiger partial charge in [-0.3, -0.25) is 4.79 Å². The molecule has 1 amide bonds. The molecule has 1 fully saturated rings. The highest BCUT2D eigenvalue weighted by Gasteiger charge is 2.31. The highest BCUT2D eigenvalue weighted by molar-refractivity contribution is 7.88. The third kappa shape index (κ3) is 4.71. The lowest BCUT2D eigenvalue weighted by Crippen LogP contribution is -2.43. The number of aryl methyl sites for hydroxylation is 1. The minimum Gasteiger partial charge on any atom is -0.484 e. The predicted molar refractivity (Wildman–Crippen MR) is 84.3 cm³/mol. The lowest BCUT2D eigenvalue weighted by atomic mass is 10.2. The van der Waals surface area contributed by atoms with E-state index in [2.05, 4.69) is 5.32 Å². The summed E-state index contributed by atoms with van der Waals surface area (Å²) >= 11 is 0. The van der Waals surface area contributed by atoms with E-state index in [-0.39, 0.29) is 18.6 Å². The van der Waals surface area contributed by atoms with Crippen molar-refractivity contribution in [2.75, 3.05) is 26.0 Å². The van der Waals surface area contributed by atoms with Crippen molar-refractivity contribution in [2.45, 2.75) is 25.8 Å². The third-order valence-electron chi connectivity index (χ3n) is 3.64. The lowest BCUT2D eigenvalue weighted by Gasteiger charge is -2.22. The fourth-order valence-electron chi connectivity index (χ4n) is 2.59. The average molecular weight is 326 g/mol. The Bertz CT molecular complexity index is 630. The molecule has 122 valence electrons. The molecule has 1 aromatic carbocycles. The van der Waals surface area contributed by atoms with Crippen molar-refractivity contribution in [3.8, 4) is 5.75 Å². The highest BCUT2D eigenvalue weighted by atomic mass is 32.2. The number of nitrogens with zero attached hydrogens (tertiary/aromatic N) is 1. The van der Waals surface area contributed by atoms with Crippen LogP contribution in [0.3, 0.4) is 0 Å². The van der Waals surface area contributed by atoms with Crippen LogP contribution in [0.15, 0.2) is 24.3 Å². The van der Waals surface area contributed by atoms with E-state index >= 15 is 0 Å². The van der Waals surface area contributed by atoms with E-state index in [0.717, 1.165) is 18.4 Å². The van der Waals surface area contributed by atoms with E-state index in [9.17, 15) is 13.2 Å². The van der Waals surface area contributed by atoms with Crippen LogP contribution in [-0.4, -0.2) is 50.6 Å². The molecule has 1 unspecified atom stereocenters. The maximum atomic E-state index is 11.8. The van der Waals surface area contributed by atoms with Crippen molar-refractivity contribution in [3.05, 3.63) is 29.8 Å². The Balaban J connectivity index is 1.78. The monoisotopic (exact) mass is 326 g/mol. The number of carbonyl (C=O) groups is 1. The van der Waals surface area contributed by atoms with Gasteiger partial charge in [0.25, 0.3) is 5.91 Å². The summed E-state index contributed by atoms with van der Waals surface area (Å²) in [6, 6.07) is 7.31. The van der Waals surface area contributed by atoms with Gasteiger partial charge >= 0.3 is 0 Å². The molecular weight excluding hydrogens is 304 g/mol. The Labute approximate surface area is 131 Å². The van der Waals surface area contributed by atoms with Gasteiger partial charge in [0, 0.05) is 19.1 Å². The summed E-state index contributed by atoms with van der Waals surface area (Å²) in [4.78, 5) is 11.8. The second-order valence-corrected chi connectivity index (χ2v) is 7.51. The molecule has 7 heteroatoms. The minimum atomic E-state index is -3.21. The Hall–Kier alpha value is -1.60. The minimum absolute atomic E-state index is 0.0744. The van der Waals surface area contributed by atoms with Crippen LogP contribution in [0.1, 0.15) is 18.4 Å². The summed E-state index contributed by atoms with van der Waals surface area (Å²) in [6.45, 7) is 2.73. The summed E-state index contributed by atoms with van der Waals surface area (Å²) in [7, 11) is -3.21. The van der Waals surface area contributed by atoms with Gasteiger partial charge in [-0.25, -0.2) is 8.42 Å². The predicted octanol–water partition coefficient (Wildman–Crippen LogP) is 0.914. The molecule has 1 saturated heterocycles. The van der Waals surface area contributed by atoms with Gasteiger partial charge in [-0.15, -0.1) is 0 Å². The van der Waals surface area contributed by atoms with Crippen molar-refractivity contribution in [3.63, 3.8) is 0 Å². The maximum absolute atomic E-state index is 11.8. The summed E-state index contributed by atoms with van der Waals surface area (Å²) in [5.74, 6) is 0.399. The lowest BCUT2D eigenvalue weighted by molar-refractivity contribution is -0.123. The van der Waals surface area contributed by atoms with Gasteiger partial charge < -0.3 is 10.1 Å². The molecule has 1 heterocycles. The Morgan fingerprint density at radius 2 is 2.23 bits per heavy atom. The second-order valence-electron chi connectivity index (χ2n) is 5.58. The normalized spacial score (nSPS) is 19.1. The highest BCUT2D eigenvalue weighted by Crippen LogP contribution is 2.19. The maximum Gasteiger partial charge on any atom is 0.257 e. The van der Waals surface area contributed by atoms with Crippen molar-refractivity contribution >= 4 is 15.9 Å². The summed E-state index contributed by atoms with van der Waals surface area (Å²) in [5, 5.41) is 2.74. The van der Waals surface area contributed by atoms with Gasteiger partial charge in [0.2, 0.25) is 10.0 Å². The van der Waals surface area contributed by atoms with Crippen LogP contribution < -0.4 is 10.1 Å².